The molecule has 7 rings (SSSR count). The number of halogens is 2. The van der Waals surface area contributed by atoms with Gasteiger partial charge >= 0.3 is 6.09 Å². The van der Waals surface area contributed by atoms with Crippen molar-refractivity contribution < 1.29 is 23.1 Å². The van der Waals surface area contributed by atoms with Gasteiger partial charge in [0.25, 0.3) is 12.3 Å². The molecule has 4 aromatic heterocycles. The largest absolute Gasteiger partial charge is 0.444 e. The zero-order valence-corrected chi connectivity index (χ0v) is 27.7. The number of aryl methyl sites for hydroxylation is 1. The zero-order chi connectivity index (χ0) is 35.2. The molecule has 1 saturated heterocycles. The number of hydrogen-bond acceptors (Lipinski definition) is 8. The van der Waals surface area contributed by atoms with Crippen LogP contribution < -0.4 is 11.1 Å². The van der Waals surface area contributed by atoms with Crippen LogP contribution in [0, 0.1) is 17.8 Å². The number of imidazole rings is 1. The van der Waals surface area contributed by atoms with Crippen molar-refractivity contribution in [3.63, 3.8) is 0 Å². The van der Waals surface area contributed by atoms with E-state index in [0.717, 1.165) is 22.9 Å². The number of aromatic nitrogens is 5. The van der Waals surface area contributed by atoms with Crippen LogP contribution in [0.3, 0.4) is 0 Å². The molecule has 13 heteroatoms. The molecular formula is C37H34F2N8O3. The van der Waals surface area contributed by atoms with Crippen LogP contribution in [0.25, 0.3) is 28.2 Å². The van der Waals surface area contributed by atoms with E-state index in [1.807, 2.05) is 55.7 Å². The summed E-state index contributed by atoms with van der Waals surface area (Å²) in [6.07, 6.45) is 1.12. The molecule has 11 nitrogen and oxygen atoms in total. The van der Waals surface area contributed by atoms with Gasteiger partial charge in [-0.3, -0.25) is 14.3 Å². The Kier molecular flexibility index (Phi) is 8.39. The van der Waals surface area contributed by atoms with Crippen molar-refractivity contribution in [3.05, 3.63) is 95.1 Å². The predicted octanol–water partition coefficient (Wildman–Crippen LogP) is 6.03. The molecule has 0 unspecified atom stereocenters. The van der Waals surface area contributed by atoms with Gasteiger partial charge in [0, 0.05) is 31.2 Å². The first-order valence-corrected chi connectivity index (χ1v) is 16.2. The monoisotopic (exact) mass is 676 g/mol. The summed E-state index contributed by atoms with van der Waals surface area (Å²) in [7, 11) is 0. The number of alkyl halides is 2. The van der Waals surface area contributed by atoms with E-state index in [1.54, 1.807) is 17.2 Å². The minimum absolute atomic E-state index is 0.00842. The number of carbonyl (C=O) groups excluding carboxylic acids is 2. The summed E-state index contributed by atoms with van der Waals surface area (Å²) in [6.45, 7) is 6.50. The fourth-order valence-electron chi connectivity index (χ4n) is 6.08. The number of nitrogen functional groups attached to an aromatic ring is 1. The van der Waals surface area contributed by atoms with E-state index in [0.29, 0.717) is 60.0 Å². The number of pyridine rings is 3. The molecule has 1 aliphatic heterocycles. The molecule has 254 valence electrons. The van der Waals surface area contributed by atoms with E-state index in [4.69, 9.17) is 20.4 Å². The minimum atomic E-state index is -2.70. The Bertz CT molecular complexity index is 2180. The number of likely N-dealkylation sites (tertiary alicyclic amines) is 1. The van der Waals surface area contributed by atoms with E-state index < -0.39 is 12.0 Å². The first kappa shape index (κ1) is 32.6. The zero-order valence-electron chi connectivity index (χ0n) is 27.7. The minimum Gasteiger partial charge on any atom is -0.444 e. The third kappa shape index (κ3) is 6.56. The number of carbonyl (C=O) groups is 2. The van der Waals surface area contributed by atoms with E-state index >= 15 is 0 Å². The molecule has 1 fully saturated rings. The van der Waals surface area contributed by atoms with E-state index in [9.17, 15) is 18.4 Å². The maximum absolute atomic E-state index is 13.0. The number of nitrogens with zero attached hydrogens (tertiary/aromatic N) is 6. The number of hydrogen-bond donors (Lipinski definition) is 2. The van der Waals surface area contributed by atoms with Crippen molar-refractivity contribution in [2.45, 2.75) is 51.7 Å². The van der Waals surface area contributed by atoms with Gasteiger partial charge in [0.05, 0.1) is 23.1 Å². The van der Waals surface area contributed by atoms with Crippen LogP contribution in [-0.4, -0.2) is 60.1 Å². The van der Waals surface area contributed by atoms with Crippen LogP contribution in [0.15, 0.2) is 67.0 Å². The fraction of sp³-hybridized carbons (Fsp3) is 0.297. The van der Waals surface area contributed by atoms with Crippen molar-refractivity contribution in [1.82, 2.24) is 34.7 Å². The first-order valence-electron chi connectivity index (χ1n) is 16.2. The normalized spacial score (nSPS) is 15.7. The molecule has 0 bridgehead atoms. The van der Waals surface area contributed by atoms with E-state index in [2.05, 4.69) is 33.2 Å². The molecule has 2 aliphatic rings. The molecular weight excluding hydrogens is 642 g/mol. The van der Waals surface area contributed by atoms with Crippen LogP contribution >= 0.6 is 0 Å². The summed E-state index contributed by atoms with van der Waals surface area (Å²) in [5, 5.41) is 3.02. The average molecular weight is 677 g/mol. The number of fused-ring (bicyclic) bond motifs is 2. The third-order valence-corrected chi connectivity index (χ3v) is 8.56. The Morgan fingerprint density at radius 3 is 2.60 bits per heavy atom. The van der Waals surface area contributed by atoms with Crippen LogP contribution in [-0.2, 0) is 11.2 Å². The molecule has 1 aromatic carbocycles. The van der Waals surface area contributed by atoms with Gasteiger partial charge in [-0.15, -0.1) is 0 Å². The van der Waals surface area contributed by atoms with Gasteiger partial charge in [-0.05, 0) is 99.2 Å². The number of ether oxygens (including phenoxy) is 1. The molecule has 0 saturated carbocycles. The van der Waals surface area contributed by atoms with Crippen LogP contribution in [0.4, 0.5) is 19.4 Å². The topological polar surface area (TPSA) is 141 Å². The summed E-state index contributed by atoms with van der Waals surface area (Å²) in [4.78, 5) is 44.7. The molecule has 0 radical (unpaired) electrons. The highest BCUT2D eigenvalue weighted by atomic mass is 19.3. The highest BCUT2D eigenvalue weighted by molar-refractivity contribution is 5.94. The lowest BCUT2D eigenvalue weighted by Crippen LogP contribution is -2.51. The molecule has 50 heavy (non-hydrogen) atoms. The summed E-state index contributed by atoms with van der Waals surface area (Å²) in [5.41, 5.74) is 10.8. The molecule has 5 heterocycles. The van der Waals surface area contributed by atoms with Crippen molar-refractivity contribution in [3.8, 4) is 28.9 Å². The Balaban J connectivity index is 1.17. The summed E-state index contributed by atoms with van der Waals surface area (Å²) >= 11 is 0. The van der Waals surface area contributed by atoms with Gasteiger partial charge < -0.3 is 20.7 Å². The van der Waals surface area contributed by atoms with E-state index in [-0.39, 0.29) is 35.2 Å². The number of nitrogens with one attached hydrogen (secondary N) is 1. The van der Waals surface area contributed by atoms with Gasteiger partial charge in [-0.2, -0.15) is 0 Å². The van der Waals surface area contributed by atoms with Crippen LogP contribution in [0.1, 0.15) is 72.5 Å². The van der Waals surface area contributed by atoms with Crippen molar-refractivity contribution in [1.29, 1.82) is 0 Å². The molecule has 1 atom stereocenters. The number of rotatable bonds is 5. The average Bonchev–Trinajstić information content (AvgIpc) is 3.64. The second kappa shape index (κ2) is 12.9. The van der Waals surface area contributed by atoms with Crippen LogP contribution in [0.5, 0.6) is 0 Å². The first-order chi connectivity index (χ1) is 23.9. The summed E-state index contributed by atoms with van der Waals surface area (Å²) in [6, 6.07) is 15.6. The number of nitrogens with two attached hydrogens (primary N) is 1. The molecule has 0 spiro atoms. The Hall–Kier alpha value is -5.90. The lowest BCUT2D eigenvalue weighted by molar-refractivity contribution is 0.00590. The highest BCUT2D eigenvalue weighted by Gasteiger charge is 2.33. The van der Waals surface area contributed by atoms with Crippen molar-refractivity contribution in [2.75, 3.05) is 18.8 Å². The lowest BCUT2D eigenvalue weighted by atomic mass is 10.0. The predicted molar refractivity (Wildman–Crippen MR) is 182 cm³/mol. The summed E-state index contributed by atoms with van der Waals surface area (Å²) < 4.78 is 33.2. The quantitative estimate of drug-likeness (QED) is 0.215. The van der Waals surface area contributed by atoms with Gasteiger partial charge in [-0.25, -0.2) is 28.5 Å². The molecule has 2 amide bonds. The Labute approximate surface area is 286 Å². The maximum atomic E-state index is 13.0. The lowest BCUT2D eigenvalue weighted by Gasteiger charge is -2.37. The number of anilines is 1. The summed E-state index contributed by atoms with van der Waals surface area (Å²) in [5.74, 6) is 6.93. The maximum Gasteiger partial charge on any atom is 0.410 e. The fourth-order valence-corrected chi connectivity index (χ4v) is 6.08. The van der Waals surface area contributed by atoms with Gasteiger partial charge in [0.2, 0.25) is 0 Å². The number of amides is 2. The second-order valence-corrected chi connectivity index (χ2v) is 13.3. The van der Waals surface area contributed by atoms with Gasteiger partial charge in [0.1, 0.15) is 28.3 Å². The van der Waals surface area contributed by atoms with Crippen molar-refractivity contribution >= 4 is 29.0 Å². The van der Waals surface area contributed by atoms with Gasteiger partial charge in [0.15, 0.2) is 11.5 Å². The third-order valence-electron chi connectivity index (χ3n) is 8.56. The van der Waals surface area contributed by atoms with Crippen LogP contribution in [0.2, 0.25) is 0 Å². The second-order valence-electron chi connectivity index (χ2n) is 13.3. The molecule has 3 N–H and O–H groups in total. The smallest absolute Gasteiger partial charge is 0.410 e. The number of benzene rings is 1. The van der Waals surface area contributed by atoms with Gasteiger partial charge in [-0.1, -0.05) is 12.0 Å². The Morgan fingerprint density at radius 1 is 1.06 bits per heavy atom. The molecule has 5 aromatic rings. The molecule has 1 aliphatic carbocycles. The standard InChI is InChI=1S/C37H34F2N8O3/c1-37(2,3)50-36(49)46-19-21(20-46)6-9-24-10-15-30-34(43-24)47(33(44-30)27-5-4-16-41-32(27)40)25-11-12-26-22(17-25)7-13-28(26)45-35(48)23-8-14-29(31(38)39)42-18-23/h4-5,8,10-12,14-18,21,28,31H,7,13,19-20H2,1-3H3,(H2,40,41)(H,45,48)/t28-/m0/s1. The van der Waals surface area contributed by atoms with Crippen molar-refractivity contribution in [2.24, 2.45) is 5.92 Å². The van der Waals surface area contributed by atoms with E-state index in [1.165, 1.54) is 12.3 Å². The highest BCUT2D eigenvalue weighted by Crippen LogP contribution is 2.36. The SMILES string of the molecule is CC(C)(C)OC(=O)N1CC(C#Cc2ccc3nc(-c4cccnc4N)n(-c4ccc5c(c4)CC[C@@H]5NC(=O)c4ccc(C(F)F)nc4)c3n2)C1. The Morgan fingerprint density at radius 2 is 1.88 bits per heavy atom.